The van der Waals surface area contributed by atoms with Gasteiger partial charge in [-0.05, 0) is 32.6 Å². The molecule has 3 rings (SSSR count). The summed E-state index contributed by atoms with van der Waals surface area (Å²) >= 11 is 0. The van der Waals surface area contributed by atoms with E-state index in [1.165, 1.54) is 0 Å². The SMILES string of the molecule is Cc1cc(C(=O)NC2CCN(C(=O)C3CCCO3)CC2)on1. The molecule has 0 aliphatic carbocycles. The third-order valence-corrected chi connectivity index (χ3v) is 4.20. The quantitative estimate of drug-likeness (QED) is 0.896. The third kappa shape index (κ3) is 3.30. The van der Waals surface area contributed by atoms with Crippen molar-refractivity contribution in [1.82, 2.24) is 15.4 Å². The van der Waals surface area contributed by atoms with Gasteiger partial charge in [0.1, 0.15) is 6.10 Å². The molecule has 7 nitrogen and oxygen atoms in total. The number of nitrogens with zero attached hydrogens (tertiary/aromatic N) is 2. The second kappa shape index (κ2) is 6.48. The van der Waals surface area contributed by atoms with Crippen LogP contribution in [0, 0.1) is 6.92 Å². The lowest BCUT2D eigenvalue weighted by molar-refractivity contribution is -0.142. The van der Waals surface area contributed by atoms with Crippen molar-refractivity contribution in [2.24, 2.45) is 0 Å². The standard InChI is InChI=1S/C15H21N3O4/c1-10-9-13(22-17-10)14(19)16-11-4-6-18(7-5-11)15(20)12-3-2-8-21-12/h9,11-12H,2-8H2,1H3,(H,16,19). The van der Waals surface area contributed by atoms with Gasteiger partial charge < -0.3 is 19.5 Å². The summed E-state index contributed by atoms with van der Waals surface area (Å²) in [4.78, 5) is 26.1. The Hall–Kier alpha value is -1.89. The first kappa shape index (κ1) is 15.0. The van der Waals surface area contributed by atoms with Crippen molar-refractivity contribution < 1.29 is 18.8 Å². The van der Waals surface area contributed by atoms with Crippen molar-refractivity contribution in [2.45, 2.75) is 44.8 Å². The van der Waals surface area contributed by atoms with Crippen LogP contribution in [0.1, 0.15) is 41.9 Å². The maximum Gasteiger partial charge on any atom is 0.290 e. The van der Waals surface area contributed by atoms with Crippen LogP contribution in [0.5, 0.6) is 0 Å². The number of aryl methyl sites for hydroxylation is 1. The highest BCUT2D eigenvalue weighted by Crippen LogP contribution is 2.18. The molecule has 0 aromatic carbocycles. The van der Waals surface area contributed by atoms with Gasteiger partial charge in [0.15, 0.2) is 0 Å². The van der Waals surface area contributed by atoms with Crippen molar-refractivity contribution in [3.8, 4) is 0 Å². The number of nitrogens with one attached hydrogen (secondary N) is 1. The van der Waals surface area contributed by atoms with E-state index in [1.54, 1.807) is 13.0 Å². The Labute approximate surface area is 129 Å². The molecule has 0 bridgehead atoms. The van der Waals surface area contributed by atoms with Crippen molar-refractivity contribution in [2.75, 3.05) is 19.7 Å². The molecule has 120 valence electrons. The highest BCUT2D eigenvalue weighted by Gasteiger charge is 2.31. The zero-order valence-electron chi connectivity index (χ0n) is 12.7. The van der Waals surface area contributed by atoms with Gasteiger partial charge in [0.2, 0.25) is 5.76 Å². The van der Waals surface area contributed by atoms with Crippen molar-refractivity contribution in [3.05, 3.63) is 17.5 Å². The lowest BCUT2D eigenvalue weighted by Gasteiger charge is -2.33. The van der Waals surface area contributed by atoms with Gasteiger partial charge in [-0.25, -0.2) is 0 Å². The fourth-order valence-electron chi connectivity index (χ4n) is 2.95. The molecule has 1 aromatic heterocycles. The van der Waals surface area contributed by atoms with Crippen LogP contribution in [0.15, 0.2) is 10.6 Å². The van der Waals surface area contributed by atoms with Gasteiger partial charge in [0, 0.05) is 31.8 Å². The van der Waals surface area contributed by atoms with E-state index in [0.717, 1.165) is 25.7 Å². The summed E-state index contributed by atoms with van der Waals surface area (Å²) in [7, 11) is 0. The molecule has 7 heteroatoms. The smallest absolute Gasteiger partial charge is 0.290 e. The molecule has 22 heavy (non-hydrogen) atoms. The minimum atomic E-state index is -0.261. The molecule has 2 aliphatic heterocycles. The summed E-state index contributed by atoms with van der Waals surface area (Å²) in [5.74, 6) is 0.0769. The van der Waals surface area contributed by atoms with Crippen LogP contribution in [0.2, 0.25) is 0 Å². The maximum absolute atomic E-state index is 12.2. The number of likely N-dealkylation sites (tertiary alicyclic amines) is 1. The predicted molar refractivity (Wildman–Crippen MR) is 77.3 cm³/mol. The molecule has 1 aromatic rings. The number of aromatic nitrogens is 1. The Morgan fingerprint density at radius 2 is 2.09 bits per heavy atom. The average Bonchev–Trinajstić information content (AvgIpc) is 3.18. The third-order valence-electron chi connectivity index (χ3n) is 4.20. The number of rotatable bonds is 3. The summed E-state index contributed by atoms with van der Waals surface area (Å²) in [5, 5.41) is 6.64. The van der Waals surface area contributed by atoms with Crippen molar-refractivity contribution in [3.63, 3.8) is 0 Å². The summed E-state index contributed by atoms with van der Waals surface area (Å²) < 4.78 is 10.4. The molecule has 0 spiro atoms. The Bertz CT molecular complexity index is 543. The summed E-state index contributed by atoms with van der Waals surface area (Å²) in [5.41, 5.74) is 0.683. The Morgan fingerprint density at radius 3 is 2.68 bits per heavy atom. The number of carbonyl (C=O) groups excluding carboxylic acids is 2. The summed E-state index contributed by atoms with van der Waals surface area (Å²) in [6, 6.07) is 1.68. The topological polar surface area (TPSA) is 84.7 Å². The number of hydrogen-bond donors (Lipinski definition) is 1. The largest absolute Gasteiger partial charge is 0.368 e. The van der Waals surface area contributed by atoms with E-state index in [2.05, 4.69) is 10.5 Å². The molecule has 2 fully saturated rings. The van der Waals surface area contributed by atoms with E-state index in [1.807, 2.05) is 4.90 Å². The second-order valence-corrected chi connectivity index (χ2v) is 5.91. The first-order chi connectivity index (χ1) is 10.6. The maximum atomic E-state index is 12.2. The van der Waals surface area contributed by atoms with Gasteiger partial charge >= 0.3 is 0 Å². The molecule has 2 saturated heterocycles. The number of amides is 2. The molecular formula is C15H21N3O4. The fourth-order valence-corrected chi connectivity index (χ4v) is 2.95. The van der Waals surface area contributed by atoms with E-state index in [4.69, 9.17) is 9.26 Å². The van der Waals surface area contributed by atoms with Gasteiger partial charge in [-0.3, -0.25) is 9.59 Å². The number of ether oxygens (including phenoxy) is 1. The van der Waals surface area contributed by atoms with E-state index in [0.29, 0.717) is 25.4 Å². The molecule has 2 amide bonds. The van der Waals surface area contributed by atoms with Crippen LogP contribution in [0.4, 0.5) is 0 Å². The van der Waals surface area contributed by atoms with Gasteiger partial charge in [-0.1, -0.05) is 5.16 Å². The summed E-state index contributed by atoms with van der Waals surface area (Å²) in [6.45, 7) is 3.76. The van der Waals surface area contributed by atoms with E-state index < -0.39 is 0 Å². The molecule has 3 heterocycles. The van der Waals surface area contributed by atoms with Crippen LogP contribution in [0.25, 0.3) is 0 Å². The van der Waals surface area contributed by atoms with Crippen LogP contribution >= 0.6 is 0 Å². The Kier molecular flexibility index (Phi) is 4.42. The minimum absolute atomic E-state index is 0.0615. The van der Waals surface area contributed by atoms with Crippen LogP contribution in [0.3, 0.4) is 0 Å². The second-order valence-electron chi connectivity index (χ2n) is 5.91. The van der Waals surface area contributed by atoms with Crippen molar-refractivity contribution in [1.29, 1.82) is 0 Å². The molecule has 2 aliphatic rings. The Balaban J connectivity index is 1.47. The molecule has 1 unspecified atom stereocenters. The van der Waals surface area contributed by atoms with E-state index >= 15 is 0 Å². The van der Waals surface area contributed by atoms with Gasteiger partial charge in [-0.15, -0.1) is 0 Å². The minimum Gasteiger partial charge on any atom is -0.368 e. The molecule has 0 saturated carbocycles. The first-order valence-electron chi connectivity index (χ1n) is 7.78. The van der Waals surface area contributed by atoms with Crippen LogP contribution in [-0.4, -0.2) is 53.7 Å². The number of carbonyl (C=O) groups is 2. The highest BCUT2D eigenvalue weighted by atomic mass is 16.5. The zero-order chi connectivity index (χ0) is 15.5. The van der Waals surface area contributed by atoms with E-state index in [9.17, 15) is 9.59 Å². The lowest BCUT2D eigenvalue weighted by atomic mass is 10.0. The molecule has 0 radical (unpaired) electrons. The van der Waals surface area contributed by atoms with E-state index in [-0.39, 0.29) is 29.7 Å². The molecule has 1 N–H and O–H groups in total. The lowest BCUT2D eigenvalue weighted by Crippen LogP contribution is -2.49. The van der Waals surface area contributed by atoms with Gasteiger partial charge in [0.25, 0.3) is 11.8 Å². The summed E-state index contributed by atoms with van der Waals surface area (Å²) in [6.07, 6.45) is 3.01. The van der Waals surface area contributed by atoms with Gasteiger partial charge in [-0.2, -0.15) is 0 Å². The molecule has 1 atom stereocenters. The normalized spacial score (nSPS) is 22.8. The fraction of sp³-hybridized carbons (Fsp3) is 0.667. The zero-order valence-corrected chi connectivity index (χ0v) is 12.7. The Morgan fingerprint density at radius 1 is 1.32 bits per heavy atom. The monoisotopic (exact) mass is 307 g/mol. The number of hydrogen-bond acceptors (Lipinski definition) is 5. The van der Waals surface area contributed by atoms with Gasteiger partial charge in [0.05, 0.1) is 5.69 Å². The molecular weight excluding hydrogens is 286 g/mol. The van der Waals surface area contributed by atoms with Crippen LogP contribution in [-0.2, 0) is 9.53 Å². The highest BCUT2D eigenvalue weighted by molar-refractivity contribution is 5.91. The van der Waals surface area contributed by atoms with Crippen molar-refractivity contribution >= 4 is 11.8 Å². The average molecular weight is 307 g/mol. The van der Waals surface area contributed by atoms with Crippen LogP contribution < -0.4 is 5.32 Å². The number of piperidine rings is 1. The first-order valence-corrected chi connectivity index (χ1v) is 7.78. The predicted octanol–water partition coefficient (Wildman–Crippen LogP) is 0.883.